The number of para-hydroxylation sites is 1. The third-order valence-electron chi connectivity index (χ3n) is 4.73. The molecular formula is C23H24N6OS2. The Morgan fingerprint density at radius 3 is 2.56 bits per heavy atom. The third kappa shape index (κ3) is 5.54. The Morgan fingerprint density at radius 2 is 1.88 bits per heavy atom. The van der Waals surface area contributed by atoms with Gasteiger partial charge in [0, 0.05) is 17.6 Å². The number of nitrogens with zero attached hydrogens (tertiary/aromatic N) is 4. The molecule has 32 heavy (non-hydrogen) atoms. The van der Waals surface area contributed by atoms with E-state index in [0.717, 1.165) is 22.8 Å². The third-order valence-corrected chi connectivity index (χ3v) is 6.38. The molecule has 0 aliphatic carbocycles. The zero-order valence-electron chi connectivity index (χ0n) is 17.9. The maximum atomic E-state index is 12.5. The zero-order chi connectivity index (χ0) is 22.5. The maximum Gasteiger partial charge on any atom is 0.230 e. The molecule has 0 bridgehead atoms. The van der Waals surface area contributed by atoms with Crippen molar-refractivity contribution in [3.05, 3.63) is 82.1 Å². The SMILES string of the molecule is Cc1cc(C)cc(CNC(=O)CSc2nnc(Cc3csc(N)n3)n2-c2ccccc2)c1. The van der Waals surface area contributed by atoms with Crippen LogP contribution < -0.4 is 11.1 Å². The van der Waals surface area contributed by atoms with E-state index in [9.17, 15) is 4.79 Å². The number of rotatable bonds is 8. The molecule has 0 spiro atoms. The minimum absolute atomic E-state index is 0.0504. The predicted molar refractivity (Wildman–Crippen MR) is 129 cm³/mol. The van der Waals surface area contributed by atoms with E-state index in [4.69, 9.17) is 5.73 Å². The van der Waals surface area contributed by atoms with Gasteiger partial charge < -0.3 is 11.1 Å². The average molecular weight is 465 g/mol. The molecule has 0 unspecified atom stereocenters. The summed E-state index contributed by atoms with van der Waals surface area (Å²) in [5.74, 6) is 0.949. The Labute approximate surface area is 195 Å². The molecule has 2 aromatic carbocycles. The van der Waals surface area contributed by atoms with Crippen LogP contribution in [0.4, 0.5) is 5.13 Å². The molecule has 0 saturated heterocycles. The van der Waals surface area contributed by atoms with Crippen LogP contribution in [-0.2, 0) is 17.8 Å². The van der Waals surface area contributed by atoms with E-state index < -0.39 is 0 Å². The molecule has 0 aliphatic rings. The molecule has 4 aromatic rings. The highest BCUT2D eigenvalue weighted by atomic mass is 32.2. The van der Waals surface area contributed by atoms with Crippen LogP contribution in [0.2, 0.25) is 0 Å². The number of hydrogen-bond donors (Lipinski definition) is 2. The van der Waals surface area contributed by atoms with Crippen molar-refractivity contribution in [2.45, 2.75) is 32.0 Å². The molecule has 4 rings (SSSR count). The lowest BCUT2D eigenvalue weighted by Gasteiger charge is -2.10. The number of carbonyl (C=O) groups excluding carboxylic acids is 1. The first-order chi connectivity index (χ1) is 15.5. The largest absolute Gasteiger partial charge is 0.375 e. The second-order valence-electron chi connectivity index (χ2n) is 7.48. The lowest BCUT2D eigenvalue weighted by atomic mass is 10.1. The van der Waals surface area contributed by atoms with Crippen molar-refractivity contribution in [2.75, 3.05) is 11.5 Å². The Hall–Kier alpha value is -3.17. The van der Waals surface area contributed by atoms with Crippen molar-refractivity contribution >= 4 is 34.1 Å². The highest BCUT2D eigenvalue weighted by Gasteiger charge is 2.17. The number of nitrogens with one attached hydrogen (secondary N) is 1. The molecule has 0 radical (unpaired) electrons. The minimum Gasteiger partial charge on any atom is -0.375 e. The summed E-state index contributed by atoms with van der Waals surface area (Å²) >= 11 is 2.77. The monoisotopic (exact) mass is 464 g/mol. The van der Waals surface area contributed by atoms with Gasteiger partial charge in [-0.3, -0.25) is 9.36 Å². The van der Waals surface area contributed by atoms with Crippen LogP contribution in [0.5, 0.6) is 0 Å². The zero-order valence-corrected chi connectivity index (χ0v) is 19.5. The summed E-state index contributed by atoms with van der Waals surface area (Å²) in [6, 6.07) is 16.2. The van der Waals surface area contributed by atoms with Crippen molar-refractivity contribution < 1.29 is 4.79 Å². The number of amides is 1. The van der Waals surface area contributed by atoms with Gasteiger partial charge in [-0.2, -0.15) is 0 Å². The summed E-state index contributed by atoms with van der Waals surface area (Å²) in [4.78, 5) is 16.8. The molecule has 3 N–H and O–H groups in total. The number of aromatic nitrogens is 4. The lowest BCUT2D eigenvalue weighted by Crippen LogP contribution is -2.24. The molecule has 2 heterocycles. The molecule has 164 valence electrons. The van der Waals surface area contributed by atoms with Gasteiger partial charge in [0.1, 0.15) is 5.82 Å². The summed E-state index contributed by atoms with van der Waals surface area (Å²) in [5.41, 5.74) is 11.0. The summed E-state index contributed by atoms with van der Waals surface area (Å²) in [5, 5.41) is 14.8. The highest BCUT2D eigenvalue weighted by molar-refractivity contribution is 7.99. The second-order valence-corrected chi connectivity index (χ2v) is 9.32. The van der Waals surface area contributed by atoms with Crippen LogP contribution in [0, 0.1) is 13.8 Å². The van der Waals surface area contributed by atoms with Crippen molar-refractivity contribution in [2.24, 2.45) is 0 Å². The number of nitrogen functional groups attached to an aromatic ring is 1. The molecule has 0 fully saturated rings. The second kappa shape index (κ2) is 9.97. The fourth-order valence-electron chi connectivity index (χ4n) is 3.46. The van der Waals surface area contributed by atoms with Crippen LogP contribution in [0.3, 0.4) is 0 Å². The van der Waals surface area contributed by atoms with Gasteiger partial charge in [0.25, 0.3) is 0 Å². The van der Waals surface area contributed by atoms with E-state index in [1.54, 1.807) is 0 Å². The Balaban J connectivity index is 1.46. The number of benzene rings is 2. The van der Waals surface area contributed by atoms with E-state index in [2.05, 4.69) is 52.5 Å². The van der Waals surface area contributed by atoms with Gasteiger partial charge in [-0.1, -0.05) is 59.3 Å². The predicted octanol–water partition coefficient (Wildman–Crippen LogP) is 3.92. The van der Waals surface area contributed by atoms with Crippen molar-refractivity contribution in [3.63, 3.8) is 0 Å². The minimum atomic E-state index is -0.0504. The van der Waals surface area contributed by atoms with Crippen LogP contribution >= 0.6 is 23.1 Å². The molecule has 0 aliphatic heterocycles. The van der Waals surface area contributed by atoms with Crippen molar-refractivity contribution in [1.29, 1.82) is 0 Å². The number of thiazole rings is 1. The average Bonchev–Trinajstić information content (AvgIpc) is 3.36. The Bertz CT molecular complexity index is 1200. The first-order valence-electron chi connectivity index (χ1n) is 10.1. The van der Waals surface area contributed by atoms with Crippen LogP contribution in [0.15, 0.2) is 59.1 Å². The van der Waals surface area contributed by atoms with Crippen LogP contribution in [0.1, 0.15) is 28.2 Å². The first-order valence-corrected chi connectivity index (χ1v) is 12.0. The molecule has 0 atom stereocenters. The molecule has 2 aromatic heterocycles. The summed E-state index contributed by atoms with van der Waals surface area (Å²) in [6.07, 6.45) is 0.509. The topological polar surface area (TPSA) is 98.7 Å². The lowest BCUT2D eigenvalue weighted by molar-refractivity contribution is -0.118. The van der Waals surface area contributed by atoms with Gasteiger partial charge in [-0.25, -0.2) is 4.98 Å². The number of carbonyl (C=O) groups is 1. The molecular weight excluding hydrogens is 440 g/mol. The fraction of sp³-hybridized carbons (Fsp3) is 0.217. The van der Waals surface area contributed by atoms with Crippen LogP contribution in [0.25, 0.3) is 5.69 Å². The molecule has 7 nitrogen and oxygen atoms in total. The quantitative estimate of drug-likeness (QED) is 0.384. The van der Waals surface area contributed by atoms with E-state index in [-0.39, 0.29) is 11.7 Å². The van der Waals surface area contributed by atoms with Crippen molar-refractivity contribution in [1.82, 2.24) is 25.1 Å². The summed E-state index contributed by atoms with van der Waals surface area (Å²) in [7, 11) is 0. The molecule has 0 saturated carbocycles. The van der Waals surface area contributed by atoms with Crippen LogP contribution in [-0.4, -0.2) is 31.4 Å². The number of nitrogens with two attached hydrogens (primary N) is 1. The normalized spacial score (nSPS) is 10.9. The smallest absolute Gasteiger partial charge is 0.230 e. The Kier molecular flexibility index (Phi) is 6.87. The van der Waals surface area contributed by atoms with E-state index in [0.29, 0.717) is 23.3 Å². The Morgan fingerprint density at radius 1 is 1.12 bits per heavy atom. The number of anilines is 1. The van der Waals surface area contributed by atoms with Gasteiger partial charge in [-0.15, -0.1) is 21.5 Å². The van der Waals surface area contributed by atoms with E-state index in [1.165, 1.54) is 34.2 Å². The molecule has 1 amide bonds. The number of thioether (sulfide) groups is 1. The fourth-order valence-corrected chi connectivity index (χ4v) is 4.83. The maximum absolute atomic E-state index is 12.5. The van der Waals surface area contributed by atoms with Gasteiger partial charge in [-0.05, 0) is 31.5 Å². The van der Waals surface area contributed by atoms with Crippen molar-refractivity contribution in [3.8, 4) is 5.69 Å². The highest BCUT2D eigenvalue weighted by Crippen LogP contribution is 2.24. The number of aryl methyl sites for hydroxylation is 2. The summed E-state index contributed by atoms with van der Waals surface area (Å²) in [6.45, 7) is 4.62. The first kappa shape index (κ1) is 22.0. The summed E-state index contributed by atoms with van der Waals surface area (Å²) < 4.78 is 1.97. The van der Waals surface area contributed by atoms with Gasteiger partial charge in [0.15, 0.2) is 10.3 Å². The van der Waals surface area contributed by atoms with E-state index in [1.807, 2.05) is 40.3 Å². The molecule has 9 heteroatoms. The van der Waals surface area contributed by atoms with E-state index >= 15 is 0 Å². The standard InChI is InChI=1S/C23H24N6OS2/c1-15-8-16(2)10-17(9-15)12-25-21(30)14-32-23-28-27-20(11-18-13-31-22(24)26-18)29(23)19-6-4-3-5-7-19/h3-10,13H,11-12,14H2,1-2H3,(H2,24,26)(H,25,30). The number of hydrogen-bond acceptors (Lipinski definition) is 7. The van der Waals surface area contributed by atoms with Gasteiger partial charge in [0.2, 0.25) is 5.91 Å². The van der Waals surface area contributed by atoms with Gasteiger partial charge in [0.05, 0.1) is 17.9 Å². The van der Waals surface area contributed by atoms with Gasteiger partial charge >= 0.3 is 0 Å².